The van der Waals surface area contributed by atoms with E-state index in [1.807, 2.05) is 6.07 Å². The molecule has 0 saturated heterocycles. The van der Waals surface area contributed by atoms with E-state index in [1.165, 1.54) is 0 Å². The Balaban J connectivity index is 3.18. The molecule has 1 heterocycles. The number of nitrogens with two attached hydrogens (primary N) is 1. The number of nitriles is 1. The maximum absolute atomic E-state index is 12.3. The number of nitrogen functional groups attached to an aromatic ring is 1. The van der Waals surface area contributed by atoms with Gasteiger partial charge in [0, 0.05) is 0 Å². The number of alkyl halides is 2. The van der Waals surface area contributed by atoms with Gasteiger partial charge in [0.25, 0.3) is 6.43 Å². The number of nitrogens with zero attached hydrogens (tertiary/aromatic N) is 2. The van der Waals surface area contributed by atoms with Crippen LogP contribution in [0.5, 0.6) is 0 Å². The Kier molecular flexibility index (Phi) is 3.20. The summed E-state index contributed by atoms with van der Waals surface area (Å²) in [5.74, 6) is 0. The molecule has 2 N–H and O–H groups in total. The smallest absolute Gasteiger partial charge is 0.266 e. The highest BCUT2D eigenvalue weighted by atomic mass is 35.5. The molecule has 0 unspecified atom stereocenters. The molecule has 1 aromatic rings. The molecule has 0 atom stereocenters. The highest BCUT2D eigenvalue weighted by molar-refractivity contribution is 6.30. The molecule has 0 bridgehead atoms. The van der Waals surface area contributed by atoms with Gasteiger partial charge in [-0.25, -0.2) is 13.8 Å². The quantitative estimate of drug-likeness (QED) is 0.774. The molecule has 0 aliphatic rings. The van der Waals surface area contributed by atoms with Gasteiger partial charge in [0.15, 0.2) is 0 Å². The largest absolute Gasteiger partial charge is 0.397 e. The van der Waals surface area contributed by atoms with Crippen molar-refractivity contribution in [3.63, 3.8) is 0 Å². The molecule has 0 spiro atoms. The lowest BCUT2D eigenvalue weighted by Gasteiger charge is -2.06. The highest BCUT2D eigenvalue weighted by Gasteiger charge is 2.15. The number of halogens is 3. The van der Waals surface area contributed by atoms with Crippen molar-refractivity contribution in [1.29, 1.82) is 5.26 Å². The number of rotatable bonds is 2. The minimum Gasteiger partial charge on any atom is -0.397 e. The third-order valence-corrected chi connectivity index (χ3v) is 1.90. The minimum atomic E-state index is -2.71. The Morgan fingerprint density at radius 1 is 1.64 bits per heavy atom. The topological polar surface area (TPSA) is 62.7 Å². The molecule has 0 radical (unpaired) electrons. The van der Waals surface area contributed by atoms with Crippen LogP contribution in [0.1, 0.15) is 17.7 Å². The van der Waals surface area contributed by atoms with Crippen LogP contribution >= 0.6 is 11.6 Å². The summed E-state index contributed by atoms with van der Waals surface area (Å²) < 4.78 is 24.6. The molecular formula is C8H6ClF2N3. The van der Waals surface area contributed by atoms with E-state index >= 15 is 0 Å². The van der Waals surface area contributed by atoms with Crippen LogP contribution in [0.2, 0.25) is 5.15 Å². The normalized spacial score (nSPS) is 10.2. The van der Waals surface area contributed by atoms with Crippen molar-refractivity contribution in [2.75, 3.05) is 5.73 Å². The summed E-state index contributed by atoms with van der Waals surface area (Å²) in [6, 6.07) is 2.86. The zero-order valence-electron chi connectivity index (χ0n) is 6.97. The van der Waals surface area contributed by atoms with Gasteiger partial charge in [-0.3, -0.25) is 0 Å². The molecule has 0 aliphatic heterocycles. The first-order chi connectivity index (χ1) is 6.56. The molecule has 0 aliphatic carbocycles. The maximum atomic E-state index is 12.3. The summed E-state index contributed by atoms with van der Waals surface area (Å²) in [6.45, 7) is 0. The molecule has 74 valence electrons. The Morgan fingerprint density at radius 3 is 2.79 bits per heavy atom. The molecule has 0 fully saturated rings. The number of hydrogen-bond acceptors (Lipinski definition) is 3. The summed E-state index contributed by atoms with van der Waals surface area (Å²) in [6.07, 6.45) is -2.76. The molecule has 3 nitrogen and oxygen atoms in total. The number of hydrogen-bond donors (Lipinski definition) is 1. The number of pyridine rings is 1. The lowest BCUT2D eigenvalue weighted by Crippen LogP contribution is -2.01. The molecule has 1 aromatic heterocycles. The highest BCUT2D eigenvalue weighted by Crippen LogP contribution is 2.28. The van der Waals surface area contributed by atoms with Gasteiger partial charge in [0.05, 0.1) is 29.4 Å². The van der Waals surface area contributed by atoms with Crippen LogP contribution in [-0.2, 0) is 6.42 Å². The standard InChI is InChI=1S/C8H6ClF2N3/c9-7-4(8(10)11)3-5(13)6(14-7)1-2-12/h3,8H,1,13H2. The first kappa shape index (κ1) is 10.7. The second-order valence-corrected chi connectivity index (χ2v) is 2.90. The zero-order chi connectivity index (χ0) is 10.7. The van der Waals surface area contributed by atoms with E-state index in [9.17, 15) is 8.78 Å². The van der Waals surface area contributed by atoms with Crippen LogP contribution in [0.15, 0.2) is 6.07 Å². The van der Waals surface area contributed by atoms with Crippen molar-refractivity contribution in [3.8, 4) is 6.07 Å². The second kappa shape index (κ2) is 4.20. The minimum absolute atomic E-state index is 0.0466. The van der Waals surface area contributed by atoms with Gasteiger partial charge in [0.2, 0.25) is 0 Å². The molecule has 14 heavy (non-hydrogen) atoms. The lowest BCUT2D eigenvalue weighted by molar-refractivity contribution is 0.151. The molecule has 0 amide bonds. The van der Waals surface area contributed by atoms with Crippen molar-refractivity contribution < 1.29 is 8.78 Å². The Bertz CT molecular complexity index is 387. The lowest BCUT2D eigenvalue weighted by atomic mass is 10.2. The summed E-state index contributed by atoms with van der Waals surface area (Å²) in [4.78, 5) is 3.62. The first-order valence-corrected chi connectivity index (χ1v) is 4.04. The Labute approximate surface area is 84.1 Å². The Morgan fingerprint density at radius 2 is 2.29 bits per heavy atom. The number of anilines is 1. The second-order valence-electron chi connectivity index (χ2n) is 2.54. The van der Waals surface area contributed by atoms with E-state index < -0.39 is 12.0 Å². The van der Waals surface area contributed by atoms with E-state index in [-0.39, 0.29) is 23.0 Å². The van der Waals surface area contributed by atoms with Crippen molar-refractivity contribution in [3.05, 3.63) is 22.5 Å². The maximum Gasteiger partial charge on any atom is 0.266 e. The molecule has 0 aromatic carbocycles. The summed E-state index contributed by atoms with van der Waals surface area (Å²) in [5.41, 5.74) is 5.28. The first-order valence-electron chi connectivity index (χ1n) is 3.66. The van der Waals surface area contributed by atoms with Crippen molar-refractivity contribution in [2.24, 2.45) is 0 Å². The average Bonchev–Trinajstić information content (AvgIpc) is 2.10. The fraction of sp³-hybridized carbons (Fsp3) is 0.250. The van der Waals surface area contributed by atoms with Gasteiger partial charge < -0.3 is 5.73 Å². The van der Waals surface area contributed by atoms with Gasteiger partial charge in [-0.2, -0.15) is 5.26 Å². The van der Waals surface area contributed by atoms with Crippen molar-refractivity contribution in [2.45, 2.75) is 12.8 Å². The summed E-state index contributed by atoms with van der Waals surface area (Å²) in [7, 11) is 0. The average molecular weight is 218 g/mol. The predicted molar refractivity (Wildman–Crippen MR) is 47.9 cm³/mol. The van der Waals surface area contributed by atoms with Gasteiger partial charge in [-0.15, -0.1) is 0 Å². The van der Waals surface area contributed by atoms with E-state index in [0.29, 0.717) is 0 Å². The van der Waals surface area contributed by atoms with Crippen LogP contribution in [0.3, 0.4) is 0 Å². The van der Waals surface area contributed by atoms with E-state index in [2.05, 4.69) is 4.98 Å². The Hall–Kier alpha value is -1.41. The SMILES string of the molecule is N#CCc1nc(Cl)c(C(F)F)cc1N. The van der Waals surface area contributed by atoms with E-state index in [1.54, 1.807) is 0 Å². The van der Waals surface area contributed by atoms with Crippen LogP contribution in [-0.4, -0.2) is 4.98 Å². The van der Waals surface area contributed by atoms with E-state index in [0.717, 1.165) is 6.07 Å². The molecular weight excluding hydrogens is 212 g/mol. The van der Waals surface area contributed by atoms with Gasteiger partial charge in [0.1, 0.15) is 5.15 Å². The van der Waals surface area contributed by atoms with Crippen molar-refractivity contribution in [1.82, 2.24) is 4.98 Å². The van der Waals surface area contributed by atoms with Crippen LogP contribution in [0.4, 0.5) is 14.5 Å². The molecule has 6 heteroatoms. The zero-order valence-corrected chi connectivity index (χ0v) is 7.72. The van der Waals surface area contributed by atoms with Gasteiger partial charge in [-0.1, -0.05) is 11.6 Å². The monoisotopic (exact) mass is 217 g/mol. The van der Waals surface area contributed by atoms with Gasteiger partial charge >= 0.3 is 0 Å². The van der Waals surface area contributed by atoms with Crippen LogP contribution in [0, 0.1) is 11.3 Å². The third-order valence-electron chi connectivity index (χ3n) is 1.60. The molecule has 0 saturated carbocycles. The fourth-order valence-electron chi connectivity index (χ4n) is 0.927. The van der Waals surface area contributed by atoms with Gasteiger partial charge in [-0.05, 0) is 6.07 Å². The van der Waals surface area contributed by atoms with Crippen molar-refractivity contribution >= 4 is 17.3 Å². The number of aromatic nitrogens is 1. The summed E-state index contributed by atoms with van der Waals surface area (Å²) >= 11 is 5.48. The van der Waals surface area contributed by atoms with Crippen LogP contribution < -0.4 is 5.73 Å². The predicted octanol–water partition coefficient (Wildman–Crippen LogP) is 2.32. The molecule has 1 rings (SSSR count). The van der Waals surface area contributed by atoms with E-state index in [4.69, 9.17) is 22.6 Å². The fourth-order valence-corrected chi connectivity index (χ4v) is 1.17. The van der Waals surface area contributed by atoms with Crippen LogP contribution in [0.25, 0.3) is 0 Å². The summed E-state index contributed by atoms with van der Waals surface area (Å²) in [5, 5.41) is 8.07. The third kappa shape index (κ3) is 2.09.